The van der Waals surface area contributed by atoms with Crippen LogP contribution >= 0.6 is 11.6 Å². The summed E-state index contributed by atoms with van der Waals surface area (Å²) in [5.41, 5.74) is -1.33. The van der Waals surface area contributed by atoms with Crippen LogP contribution in [0.1, 0.15) is 5.56 Å². The van der Waals surface area contributed by atoms with Crippen molar-refractivity contribution < 1.29 is 26.3 Å². The molecule has 110 valence electrons. The number of hydrogen-bond donors (Lipinski definition) is 1. The van der Waals surface area contributed by atoms with E-state index < -0.39 is 30.4 Å². The number of benzene rings is 1. The summed E-state index contributed by atoms with van der Waals surface area (Å²) in [4.78, 5) is 0. The Morgan fingerprint density at radius 1 is 1.15 bits per heavy atom. The van der Waals surface area contributed by atoms with Crippen molar-refractivity contribution in [2.75, 3.05) is 11.9 Å². The summed E-state index contributed by atoms with van der Waals surface area (Å²) in [5, 5.41) is 10.2. The molecule has 9 heteroatoms. The predicted molar refractivity (Wildman–Crippen MR) is 60.1 cm³/mol. The third-order valence-electron chi connectivity index (χ3n) is 2.29. The fraction of sp³-hybridized carbons (Fsp3) is 0.364. The molecule has 0 fully saturated rings. The van der Waals surface area contributed by atoms with Gasteiger partial charge in [-0.1, -0.05) is 11.6 Å². The molecule has 1 atom stereocenters. The van der Waals surface area contributed by atoms with E-state index in [0.717, 1.165) is 12.1 Å². The molecule has 1 N–H and O–H groups in total. The maximum absolute atomic E-state index is 12.5. The van der Waals surface area contributed by atoms with Crippen molar-refractivity contribution >= 4 is 17.3 Å². The van der Waals surface area contributed by atoms with Crippen molar-refractivity contribution in [1.29, 1.82) is 5.26 Å². The molecule has 2 nitrogen and oxygen atoms in total. The molecule has 0 spiro atoms. The SMILES string of the molecule is N#CC(CNc1cc(Cl)cc(C(F)(F)F)c1)C(F)(F)F. The van der Waals surface area contributed by atoms with Crippen LogP contribution in [0, 0.1) is 17.2 Å². The minimum absolute atomic E-state index is 0.241. The molecule has 0 amide bonds. The van der Waals surface area contributed by atoms with Crippen LogP contribution in [0.5, 0.6) is 0 Å². The first-order chi connectivity index (χ1) is 9.04. The molecule has 0 aliphatic heterocycles. The molecule has 1 rings (SSSR count). The van der Waals surface area contributed by atoms with Gasteiger partial charge in [0.2, 0.25) is 0 Å². The molecule has 0 aliphatic rings. The Kier molecular flexibility index (Phi) is 4.76. The fourth-order valence-corrected chi connectivity index (χ4v) is 1.54. The van der Waals surface area contributed by atoms with Gasteiger partial charge in [-0.3, -0.25) is 0 Å². The first-order valence-electron chi connectivity index (χ1n) is 5.12. The maximum Gasteiger partial charge on any atom is 0.416 e. The van der Waals surface area contributed by atoms with Crippen molar-refractivity contribution in [3.05, 3.63) is 28.8 Å². The van der Waals surface area contributed by atoms with Gasteiger partial charge in [-0.15, -0.1) is 0 Å². The van der Waals surface area contributed by atoms with Crippen LogP contribution in [0.3, 0.4) is 0 Å². The monoisotopic (exact) mass is 316 g/mol. The van der Waals surface area contributed by atoms with Crippen molar-refractivity contribution in [1.82, 2.24) is 0 Å². The van der Waals surface area contributed by atoms with E-state index in [9.17, 15) is 26.3 Å². The lowest BCUT2D eigenvalue weighted by atomic mass is 10.1. The second-order valence-electron chi connectivity index (χ2n) is 3.83. The minimum Gasteiger partial charge on any atom is -0.383 e. The molecule has 1 unspecified atom stereocenters. The highest BCUT2D eigenvalue weighted by molar-refractivity contribution is 6.30. The van der Waals surface area contributed by atoms with Crippen LogP contribution in [-0.4, -0.2) is 12.7 Å². The van der Waals surface area contributed by atoms with Crippen LogP contribution in [-0.2, 0) is 6.18 Å². The average molecular weight is 317 g/mol. The standard InChI is InChI=1S/C11H7ClF6N2/c12-8-1-6(10(13,14)15)2-9(3-8)20-5-7(4-19)11(16,17)18/h1-3,7,20H,5H2. The highest BCUT2D eigenvalue weighted by atomic mass is 35.5. The summed E-state index contributed by atoms with van der Waals surface area (Å²) in [6.07, 6.45) is -9.42. The van der Waals surface area contributed by atoms with E-state index in [-0.39, 0.29) is 10.7 Å². The Labute approximate surface area is 114 Å². The van der Waals surface area contributed by atoms with Gasteiger partial charge in [-0.2, -0.15) is 31.6 Å². The van der Waals surface area contributed by atoms with Gasteiger partial charge in [0.25, 0.3) is 0 Å². The maximum atomic E-state index is 12.5. The number of nitriles is 1. The highest BCUT2D eigenvalue weighted by Crippen LogP contribution is 2.33. The van der Waals surface area contributed by atoms with Crippen LogP contribution in [0.2, 0.25) is 5.02 Å². The number of alkyl halides is 6. The van der Waals surface area contributed by atoms with E-state index in [1.165, 1.54) is 0 Å². The number of hydrogen-bond acceptors (Lipinski definition) is 2. The number of nitrogens with one attached hydrogen (secondary N) is 1. The van der Waals surface area contributed by atoms with E-state index in [4.69, 9.17) is 16.9 Å². The molecule has 0 radical (unpaired) electrons. The molecular weight excluding hydrogens is 310 g/mol. The zero-order valence-corrected chi connectivity index (χ0v) is 10.4. The Hall–Kier alpha value is -1.62. The first-order valence-corrected chi connectivity index (χ1v) is 5.50. The molecule has 0 aromatic heterocycles. The van der Waals surface area contributed by atoms with E-state index in [0.29, 0.717) is 12.1 Å². The molecule has 1 aromatic carbocycles. The van der Waals surface area contributed by atoms with Crippen LogP contribution < -0.4 is 5.32 Å². The molecule has 0 bridgehead atoms. The van der Waals surface area contributed by atoms with Crippen molar-refractivity contribution in [2.45, 2.75) is 12.4 Å². The first kappa shape index (κ1) is 16.4. The number of rotatable bonds is 3. The van der Waals surface area contributed by atoms with Crippen molar-refractivity contribution in [3.8, 4) is 6.07 Å². The van der Waals surface area contributed by atoms with Gasteiger partial charge in [-0.25, -0.2) is 0 Å². The zero-order chi connectivity index (χ0) is 15.6. The lowest BCUT2D eigenvalue weighted by Gasteiger charge is -2.16. The summed E-state index contributed by atoms with van der Waals surface area (Å²) in [7, 11) is 0. The van der Waals surface area contributed by atoms with E-state index >= 15 is 0 Å². The summed E-state index contributed by atoms with van der Waals surface area (Å²) in [6.45, 7) is -0.863. The van der Waals surface area contributed by atoms with Crippen LogP contribution in [0.25, 0.3) is 0 Å². The van der Waals surface area contributed by atoms with Crippen molar-refractivity contribution in [3.63, 3.8) is 0 Å². The Balaban J connectivity index is 2.89. The largest absolute Gasteiger partial charge is 0.416 e. The van der Waals surface area contributed by atoms with Gasteiger partial charge in [-0.05, 0) is 18.2 Å². The second-order valence-corrected chi connectivity index (χ2v) is 4.27. The van der Waals surface area contributed by atoms with Gasteiger partial charge in [0.15, 0.2) is 5.92 Å². The molecule has 0 saturated heterocycles. The minimum atomic E-state index is -4.76. The molecule has 0 heterocycles. The molecule has 20 heavy (non-hydrogen) atoms. The number of anilines is 1. The summed E-state index contributed by atoms with van der Waals surface area (Å²) in [5.74, 6) is -2.32. The van der Waals surface area contributed by atoms with Gasteiger partial charge < -0.3 is 5.32 Å². The third-order valence-corrected chi connectivity index (χ3v) is 2.50. The summed E-state index contributed by atoms with van der Waals surface area (Å²) in [6, 6.07) is 3.35. The summed E-state index contributed by atoms with van der Waals surface area (Å²) < 4.78 is 74.4. The predicted octanol–water partition coefficient (Wildman–Crippen LogP) is 4.47. The summed E-state index contributed by atoms with van der Waals surface area (Å²) >= 11 is 5.47. The van der Waals surface area contributed by atoms with Crippen LogP contribution in [0.4, 0.5) is 32.0 Å². The van der Waals surface area contributed by atoms with Gasteiger partial charge >= 0.3 is 12.4 Å². The van der Waals surface area contributed by atoms with E-state index in [2.05, 4.69) is 5.32 Å². The lowest BCUT2D eigenvalue weighted by Crippen LogP contribution is -2.28. The quantitative estimate of drug-likeness (QED) is 0.835. The number of nitrogens with zero attached hydrogens (tertiary/aromatic N) is 1. The van der Waals surface area contributed by atoms with Gasteiger partial charge in [0.05, 0.1) is 11.6 Å². The Bertz CT molecular complexity index is 517. The Morgan fingerprint density at radius 3 is 2.20 bits per heavy atom. The fourth-order valence-electron chi connectivity index (χ4n) is 1.31. The van der Waals surface area contributed by atoms with Gasteiger partial charge in [0.1, 0.15) is 0 Å². The van der Waals surface area contributed by atoms with Crippen LogP contribution in [0.15, 0.2) is 18.2 Å². The normalized spacial score (nSPS) is 13.7. The second kappa shape index (κ2) is 5.79. The molecule has 0 saturated carbocycles. The lowest BCUT2D eigenvalue weighted by molar-refractivity contribution is -0.155. The molecule has 1 aromatic rings. The highest BCUT2D eigenvalue weighted by Gasteiger charge is 2.39. The van der Waals surface area contributed by atoms with E-state index in [1.54, 1.807) is 0 Å². The van der Waals surface area contributed by atoms with Crippen molar-refractivity contribution in [2.24, 2.45) is 5.92 Å². The zero-order valence-electron chi connectivity index (χ0n) is 9.61. The molecular formula is C11H7ClF6N2. The topological polar surface area (TPSA) is 35.8 Å². The third kappa shape index (κ3) is 4.49. The number of halogens is 7. The smallest absolute Gasteiger partial charge is 0.383 e. The Morgan fingerprint density at radius 2 is 1.75 bits per heavy atom. The average Bonchev–Trinajstić information content (AvgIpc) is 2.26. The molecule has 0 aliphatic carbocycles. The van der Waals surface area contributed by atoms with Gasteiger partial charge in [0, 0.05) is 17.3 Å². The van der Waals surface area contributed by atoms with E-state index in [1.807, 2.05) is 0 Å².